The van der Waals surface area contributed by atoms with Crippen LogP contribution < -0.4 is 0 Å². The van der Waals surface area contributed by atoms with E-state index in [1.807, 2.05) is 25.7 Å². The molecule has 0 N–H and O–H groups in total. The van der Waals surface area contributed by atoms with E-state index in [1.165, 1.54) is 0 Å². The number of amides is 1. The largest absolute Gasteiger partial charge is 0.656 e. The number of piperidine rings is 1. The average molecular weight is 299 g/mol. The van der Waals surface area contributed by atoms with Crippen LogP contribution in [0.25, 0.3) is 5.32 Å². The van der Waals surface area contributed by atoms with Gasteiger partial charge in [0.1, 0.15) is 5.60 Å². The molecule has 2 atom stereocenters. The van der Waals surface area contributed by atoms with Crippen molar-refractivity contribution in [3.63, 3.8) is 0 Å². The van der Waals surface area contributed by atoms with E-state index in [0.29, 0.717) is 19.2 Å². The molecule has 0 aliphatic carbocycles. The zero-order valence-electron chi connectivity index (χ0n) is 14.4. The lowest BCUT2D eigenvalue weighted by atomic mass is 9.96. The Morgan fingerprint density at radius 1 is 1.33 bits per heavy atom. The van der Waals surface area contributed by atoms with Gasteiger partial charge in [-0.05, 0) is 33.6 Å². The van der Waals surface area contributed by atoms with Gasteiger partial charge in [-0.3, -0.25) is 0 Å². The summed E-state index contributed by atoms with van der Waals surface area (Å²) < 4.78 is 10.7. The first-order chi connectivity index (χ1) is 9.73. The van der Waals surface area contributed by atoms with Crippen molar-refractivity contribution in [3.8, 4) is 0 Å². The lowest BCUT2D eigenvalue weighted by Gasteiger charge is -2.47. The summed E-state index contributed by atoms with van der Waals surface area (Å²) in [4.78, 5) is 14.3. The van der Waals surface area contributed by atoms with Gasteiger partial charge < -0.3 is 19.7 Å². The Balaban J connectivity index is 2.70. The molecule has 0 radical (unpaired) electrons. The van der Waals surface area contributed by atoms with Gasteiger partial charge in [0.05, 0.1) is 0 Å². The predicted molar refractivity (Wildman–Crippen MR) is 84.7 cm³/mol. The molecule has 124 valence electrons. The molecule has 1 amide bonds. The molecule has 1 fully saturated rings. The number of likely N-dealkylation sites (tertiary alicyclic amines) is 1. The molecule has 5 nitrogen and oxygen atoms in total. The van der Waals surface area contributed by atoms with Gasteiger partial charge in [0.15, 0.2) is 0 Å². The fraction of sp³-hybridized carbons (Fsp3) is 0.938. The second kappa shape index (κ2) is 7.99. The van der Waals surface area contributed by atoms with Crippen molar-refractivity contribution in [1.82, 2.24) is 4.90 Å². The van der Waals surface area contributed by atoms with E-state index in [2.05, 4.69) is 13.8 Å². The van der Waals surface area contributed by atoms with Gasteiger partial charge in [-0.25, -0.2) is 4.79 Å². The van der Waals surface area contributed by atoms with Crippen LogP contribution in [0.3, 0.4) is 0 Å². The van der Waals surface area contributed by atoms with Crippen molar-refractivity contribution in [2.24, 2.45) is 0 Å². The van der Waals surface area contributed by atoms with Crippen molar-refractivity contribution in [2.45, 2.75) is 77.6 Å². The molecule has 0 saturated carbocycles. The topological polar surface area (TPSA) is 52.9 Å². The maximum absolute atomic E-state index is 12.4. The first-order valence-corrected chi connectivity index (χ1v) is 7.91. The van der Waals surface area contributed by atoms with Crippen molar-refractivity contribution in [3.05, 3.63) is 5.32 Å². The molecule has 1 heterocycles. The number of hydrogen-bond donors (Lipinski definition) is 0. The molecule has 1 unspecified atom stereocenters. The molecule has 1 rings (SSSR count). The van der Waals surface area contributed by atoms with Gasteiger partial charge >= 0.3 is 6.09 Å². The highest BCUT2D eigenvalue weighted by Crippen LogP contribution is 2.27. The van der Waals surface area contributed by atoms with Crippen LogP contribution in [0.1, 0.15) is 53.9 Å². The number of hydrogen-bond acceptors (Lipinski definition) is 3. The molecule has 1 aliphatic heterocycles. The van der Waals surface area contributed by atoms with Crippen LogP contribution in [0, 0.1) is 0 Å². The van der Waals surface area contributed by atoms with Crippen LogP contribution in [0.15, 0.2) is 0 Å². The quantitative estimate of drug-likeness (QED) is 0.779. The number of methoxy groups -OCH3 is 1. The van der Waals surface area contributed by atoms with Crippen molar-refractivity contribution < 1.29 is 14.3 Å². The third kappa shape index (κ3) is 6.66. The summed E-state index contributed by atoms with van der Waals surface area (Å²) in [6, 6.07) is 0.709. The number of nitrogens with zero attached hydrogens (tertiary/aromatic N) is 2. The van der Waals surface area contributed by atoms with Gasteiger partial charge in [0, 0.05) is 26.3 Å². The van der Waals surface area contributed by atoms with Crippen LogP contribution in [0.4, 0.5) is 4.79 Å². The first-order valence-electron chi connectivity index (χ1n) is 7.91. The van der Waals surface area contributed by atoms with E-state index in [1.54, 1.807) is 7.11 Å². The second-order valence-corrected chi connectivity index (χ2v) is 7.04. The van der Waals surface area contributed by atoms with Crippen molar-refractivity contribution >= 4 is 6.09 Å². The van der Waals surface area contributed by atoms with E-state index in [0.717, 1.165) is 19.3 Å². The van der Waals surface area contributed by atoms with Crippen molar-refractivity contribution in [2.75, 3.05) is 20.3 Å². The highest BCUT2D eigenvalue weighted by molar-refractivity contribution is 5.69. The van der Waals surface area contributed by atoms with Crippen LogP contribution in [0.5, 0.6) is 0 Å². The monoisotopic (exact) mass is 299 g/mol. The molecular formula is C16H31N2O3-. The zero-order chi connectivity index (χ0) is 16.0. The van der Waals surface area contributed by atoms with Gasteiger partial charge in [-0.15, -0.1) is 12.1 Å². The number of ether oxygens (including phenoxy) is 2. The fourth-order valence-electron chi connectivity index (χ4n) is 2.65. The van der Waals surface area contributed by atoms with Gasteiger partial charge in [0.2, 0.25) is 0 Å². The molecule has 0 spiro atoms. The molecule has 1 saturated heterocycles. The number of rotatable bonds is 5. The van der Waals surface area contributed by atoms with E-state index in [4.69, 9.17) is 14.8 Å². The minimum absolute atomic E-state index is 0.193. The molecule has 1 aliphatic rings. The highest BCUT2D eigenvalue weighted by atomic mass is 16.6. The molecule has 0 aromatic carbocycles. The summed E-state index contributed by atoms with van der Waals surface area (Å²) in [5.41, 5.74) is -0.467. The summed E-state index contributed by atoms with van der Waals surface area (Å²) >= 11 is 0. The molecule has 0 aromatic heterocycles. The van der Waals surface area contributed by atoms with Gasteiger partial charge in [0.25, 0.3) is 0 Å². The highest BCUT2D eigenvalue weighted by Gasteiger charge is 2.31. The molecule has 0 bridgehead atoms. The molecular weight excluding hydrogens is 268 g/mol. The van der Waals surface area contributed by atoms with Crippen LogP contribution >= 0.6 is 0 Å². The van der Waals surface area contributed by atoms with E-state index in [9.17, 15) is 4.79 Å². The summed E-state index contributed by atoms with van der Waals surface area (Å²) in [5.74, 6) is 0. The zero-order valence-corrected chi connectivity index (χ0v) is 14.4. The minimum atomic E-state index is -0.467. The molecule has 0 aromatic rings. The summed E-state index contributed by atoms with van der Waals surface area (Å²) in [5, 5.41) is 4.70. The Labute approximate surface area is 129 Å². The summed E-state index contributed by atoms with van der Waals surface area (Å²) in [7, 11) is 1.69. The van der Waals surface area contributed by atoms with E-state index < -0.39 is 5.60 Å². The number of carbonyl (C=O) groups is 1. The third-order valence-electron chi connectivity index (χ3n) is 3.47. The lowest BCUT2D eigenvalue weighted by molar-refractivity contribution is 0.00468. The Kier molecular flexibility index (Phi) is 6.94. The average Bonchev–Trinajstić information content (AvgIpc) is 2.34. The van der Waals surface area contributed by atoms with Crippen LogP contribution in [-0.4, -0.2) is 55.0 Å². The second-order valence-electron chi connectivity index (χ2n) is 7.04. The number of carbonyl (C=O) groups excluding carboxylic acids is 1. The van der Waals surface area contributed by atoms with E-state index in [-0.39, 0.29) is 18.2 Å². The Bertz CT molecular complexity index is 326. The van der Waals surface area contributed by atoms with Crippen LogP contribution in [0.2, 0.25) is 0 Å². The normalized spacial score (nSPS) is 23.5. The minimum Gasteiger partial charge on any atom is -0.656 e. The summed E-state index contributed by atoms with van der Waals surface area (Å²) in [6.07, 6.45) is 2.62. The lowest BCUT2D eigenvalue weighted by Crippen LogP contribution is -2.50. The third-order valence-corrected chi connectivity index (χ3v) is 3.47. The van der Waals surface area contributed by atoms with Crippen LogP contribution in [-0.2, 0) is 9.47 Å². The SMILES string of the molecule is COCC[C@@H]1CCC([N-]C(C)C)CN1C(=O)OC(C)(C)C. The van der Waals surface area contributed by atoms with Gasteiger partial charge in [-0.2, -0.15) is 0 Å². The smallest absolute Gasteiger partial charge is 0.410 e. The molecule has 5 heteroatoms. The molecule has 21 heavy (non-hydrogen) atoms. The maximum atomic E-state index is 12.4. The standard InChI is InChI=1S/C16H31N2O3/c1-12(2)17-13-7-8-14(9-10-20-6)18(11-13)15(19)21-16(3,4)5/h12-14H,7-11H2,1-6H3/q-1/t13?,14-/m0/s1. The van der Waals surface area contributed by atoms with Crippen molar-refractivity contribution in [1.29, 1.82) is 0 Å². The van der Waals surface area contributed by atoms with E-state index >= 15 is 0 Å². The Hall–Kier alpha value is -0.810. The van der Waals surface area contributed by atoms with Gasteiger partial charge in [-0.1, -0.05) is 20.3 Å². The Morgan fingerprint density at radius 2 is 2.00 bits per heavy atom. The summed E-state index contributed by atoms with van der Waals surface area (Å²) in [6.45, 7) is 11.2. The maximum Gasteiger partial charge on any atom is 0.410 e. The first kappa shape index (κ1) is 18.2. The predicted octanol–water partition coefficient (Wildman–Crippen LogP) is 3.57. The Morgan fingerprint density at radius 3 is 2.52 bits per heavy atom. The fourth-order valence-corrected chi connectivity index (χ4v) is 2.65.